The summed E-state index contributed by atoms with van der Waals surface area (Å²) in [5.74, 6) is -0.00840. The number of carbonyl (C=O) groups excluding carboxylic acids is 2. The van der Waals surface area contributed by atoms with Gasteiger partial charge in [0.05, 0.1) is 0 Å². The van der Waals surface area contributed by atoms with Crippen molar-refractivity contribution >= 4 is 46.6 Å². The van der Waals surface area contributed by atoms with Crippen LogP contribution in [0, 0.1) is 6.92 Å². The minimum Gasteiger partial charge on any atom is -0.484 e. The lowest BCUT2D eigenvalue weighted by Crippen LogP contribution is -2.51. The molecule has 0 spiro atoms. The van der Waals surface area contributed by atoms with E-state index in [4.69, 9.17) is 39.5 Å². The molecule has 2 aromatic rings. The summed E-state index contributed by atoms with van der Waals surface area (Å²) in [4.78, 5) is 27.8. The van der Waals surface area contributed by atoms with Crippen LogP contribution in [0.2, 0.25) is 15.1 Å². The molecule has 0 saturated heterocycles. The van der Waals surface area contributed by atoms with Gasteiger partial charge in [-0.2, -0.15) is 0 Å². The van der Waals surface area contributed by atoms with Gasteiger partial charge in [0.25, 0.3) is 5.91 Å². The maximum absolute atomic E-state index is 13.2. The van der Waals surface area contributed by atoms with E-state index in [2.05, 4.69) is 5.32 Å². The Morgan fingerprint density at radius 3 is 2.36 bits per heavy atom. The molecule has 0 bridgehead atoms. The zero-order chi connectivity index (χ0) is 24.0. The number of rotatable bonds is 8. The van der Waals surface area contributed by atoms with Gasteiger partial charge in [0, 0.05) is 33.2 Å². The van der Waals surface area contributed by atoms with Gasteiger partial charge in [-0.25, -0.2) is 0 Å². The fourth-order valence-electron chi connectivity index (χ4n) is 3.94. The fourth-order valence-corrected chi connectivity index (χ4v) is 4.57. The van der Waals surface area contributed by atoms with Gasteiger partial charge in [0.15, 0.2) is 6.61 Å². The third kappa shape index (κ3) is 7.02. The van der Waals surface area contributed by atoms with Crippen molar-refractivity contribution in [3.8, 4) is 5.75 Å². The van der Waals surface area contributed by atoms with Crippen molar-refractivity contribution in [1.82, 2.24) is 10.2 Å². The Hall–Kier alpha value is -1.95. The van der Waals surface area contributed by atoms with E-state index in [0.717, 1.165) is 31.2 Å². The molecule has 0 unspecified atom stereocenters. The van der Waals surface area contributed by atoms with E-state index in [0.29, 0.717) is 26.4 Å². The van der Waals surface area contributed by atoms with E-state index in [1.54, 1.807) is 43.3 Å². The number of benzene rings is 2. The summed E-state index contributed by atoms with van der Waals surface area (Å²) >= 11 is 18.8. The van der Waals surface area contributed by atoms with Gasteiger partial charge in [0.1, 0.15) is 11.8 Å². The number of hydrogen-bond donors (Lipinski definition) is 1. The van der Waals surface area contributed by atoms with Gasteiger partial charge in [-0.05, 0) is 62.6 Å². The first-order valence-corrected chi connectivity index (χ1v) is 12.3. The van der Waals surface area contributed by atoms with Crippen molar-refractivity contribution in [1.29, 1.82) is 0 Å². The molecule has 178 valence electrons. The number of halogens is 3. The summed E-state index contributed by atoms with van der Waals surface area (Å²) in [6, 6.07) is 9.78. The fraction of sp³-hybridized carbons (Fsp3) is 0.440. The summed E-state index contributed by atoms with van der Waals surface area (Å²) in [5.41, 5.74) is 1.44. The van der Waals surface area contributed by atoms with Crippen LogP contribution in [0.1, 0.15) is 50.2 Å². The van der Waals surface area contributed by atoms with Crippen molar-refractivity contribution in [2.75, 3.05) is 6.61 Å². The third-order valence-corrected chi connectivity index (χ3v) is 7.13. The predicted molar refractivity (Wildman–Crippen MR) is 133 cm³/mol. The number of aryl methyl sites for hydroxylation is 1. The SMILES string of the molecule is Cc1cc(OCC(=O)N(Cc2c(Cl)cccc2Cl)[C@@H](C)C(=O)NC2CCCCC2)ccc1Cl. The van der Waals surface area contributed by atoms with Gasteiger partial charge in [-0.1, -0.05) is 60.1 Å². The van der Waals surface area contributed by atoms with E-state index in [1.807, 2.05) is 6.92 Å². The van der Waals surface area contributed by atoms with Crippen LogP contribution in [-0.2, 0) is 16.1 Å². The van der Waals surface area contributed by atoms with Gasteiger partial charge in [0.2, 0.25) is 5.91 Å². The van der Waals surface area contributed by atoms with Gasteiger partial charge in [-0.3, -0.25) is 9.59 Å². The van der Waals surface area contributed by atoms with E-state index < -0.39 is 6.04 Å². The molecule has 0 aromatic heterocycles. The molecular weight excluding hydrogens is 483 g/mol. The van der Waals surface area contributed by atoms with Crippen LogP contribution in [0.3, 0.4) is 0 Å². The first kappa shape index (κ1) is 25.7. The van der Waals surface area contributed by atoms with Crippen LogP contribution in [0.15, 0.2) is 36.4 Å². The maximum atomic E-state index is 13.2. The predicted octanol–water partition coefficient (Wildman–Crippen LogP) is 6.20. The molecule has 0 heterocycles. The lowest BCUT2D eigenvalue weighted by atomic mass is 9.95. The van der Waals surface area contributed by atoms with Gasteiger partial charge < -0.3 is 15.0 Å². The Morgan fingerprint density at radius 2 is 1.73 bits per heavy atom. The Morgan fingerprint density at radius 1 is 1.06 bits per heavy atom. The normalized spacial score (nSPS) is 15.1. The van der Waals surface area contributed by atoms with E-state index in [1.165, 1.54) is 11.3 Å². The lowest BCUT2D eigenvalue weighted by Gasteiger charge is -2.31. The Labute approximate surface area is 210 Å². The molecule has 1 atom stereocenters. The maximum Gasteiger partial charge on any atom is 0.261 e. The average Bonchev–Trinajstić information content (AvgIpc) is 2.79. The molecule has 0 aliphatic heterocycles. The highest BCUT2D eigenvalue weighted by molar-refractivity contribution is 6.36. The molecule has 1 saturated carbocycles. The molecule has 1 aliphatic rings. The quantitative estimate of drug-likeness (QED) is 0.459. The van der Waals surface area contributed by atoms with E-state index in [-0.39, 0.29) is 31.0 Å². The largest absolute Gasteiger partial charge is 0.484 e. The number of ether oxygens (including phenoxy) is 1. The average molecular weight is 512 g/mol. The van der Waals surface area contributed by atoms with Crippen LogP contribution in [0.4, 0.5) is 0 Å². The Balaban J connectivity index is 1.76. The van der Waals surface area contributed by atoms with Crippen LogP contribution >= 0.6 is 34.8 Å². The molecule has 1 aliphatic carbocycles. The minimum atomic E-state index is -0.720. The molecule has 8 heteroatoms. The molecule has 2 aromatic carbocycles. The third-order valence-electron chi connectivity index (χ3n) is 6.00. The van der Waals surface area contributed by atoms with Crippen LogP contribution in [-0.4, -0.2) is 35.4 Å². The molecule has 1 fully saturated rings. The molecule has 2 amide bonds. The van der Waals surface area contributed by atoms with Gasteiger partial charge >= 0.3 is 0 Å². The van der Waals surface area contributed by atoms with Gasteiger partial charge in [-0.15, -0.1) is 0 Å². The highest BCUT2D eigenvalue weighted by Gasteiger charge is 2.29. The van der Waals surface area contributed by atoms with E-state index >= 15 is 0 Å². The number of hydrogen-bond acceptors (Lipinski definition) is 3. The number of nitrogens with one attached hydrogen (secondary N) is 1. The van der Waals surface area contributed by atoms with Crippen molar-refractivity contribution in [2.24, 2.45) is 0 Å². The molecule has 33 heavy (non-hydrogen) atoms. The highest BCUT2D eigenvalue weighted by Crippen LogP contribution is 2.27. The number of amides is 2. The summed E-state index contributed by atoms with van der Waals surface area (Å²) in [6.07, 6.45) is 5.32. The van der Waals surface area contributed by atoms with Crippen LogP contribution < -0.4 is 10.1 Å². The van der Waals surface area contributed by atoms with Crippen molar-refractivity contribution < 1.29 is 14.3 Å². The topological polar surface area (TPSA) is 58.6 Å². The van der Waals surface area contributed by atoms with Crippen LogP contribution in [0.5, 0.6) is 5.75 Å². The van der Waals surface area contributed by atoms with Crippen molar-refractivity contribution in [2.45, 2.75) is 64.6 Å². The number of carbonyl (C=O) groups is 2. The molecular formula is C25H29Cl3N2O3. The molecule has 0 radical (unpaired) electrons. The van der Waals surface area contributed by atoms with E-state index in [9.17, 15) is 9.59 Å². The molecule has 5 nitrogen and oxygen atoms in total. The second-order valence-corrected chi connectivity index (χ2v) is 9.66. The Kier molecular flexibility index (Phi) is 9.30. The summed E-state index contributed by atoms with van der Waals surface area (Å²) < 4.78 is 5.72. The van der Waals surface area contributed by atoms with Crippen molar-refractivity contribution in [3.05, 3.63) is 62.6 Å². The summed E-state index contributed by atoms with van der Waals surface area (Å²) in [7, 11) is 0. The lowest BCUT2D eigenvalue weighted by molar-refractivity contribution is -0.142. The first-order chi connectivity index (χ1) is 15.8. The smallest absolute Gasteiger partial charge is 0.261 e. The second kappa shape index (κ2) is 12.0. The summed E-state index contributed by atoms with van der Waals surface area (Å²) in [6.45, 7) is 3.44. The zero-order valence-corrected chi connectivity index (χ0v) is 21.1. The standard InChI is InChI=1S/C25H29Cl3N2O3/c1-16-13-19(11-12-21(16)26)33-15-24(31)30(14-20-22(27)9-6-10-23(20)28)17(2)25(32)29-18-7-4-3-5-8-18/h6,9-13,17-18H,3-5,7-8,14-15H2,1-2H3,(H,29,32)/t17-/m0/s1. The molecule has 1 N–H and O–H groups in total. The minimum absolute atomic E-state index is 0.0968. The highest BCUT2D eigenvalue weighted by atomic mass is 35.5. The van der Waals surface area contributed by atoms with Crippen LogP contribution in [0.25, 0.3) is 0 Å². The Bertz CT molecular complexity index is 973. The second-order valence-electron chi connectivity index (χ2n) is 8.44. The number of nitrogens with zero attached hydrogens (tertiary/aromatic N) is 1. The monoisotopic (exact) mass is 510 g/mol. The first-order valence-electron chi connectivity index (χ1n) is 11.2. The molecule has 3 rings (SSSR count). The van der Waals surface area contributed by atoms with Crippen molar-refractivity contribution in [3.63, 3.8) is 0 Å². The zero-order valence-electron chi connectivity index (χ0n) is 18.9. The summed E-state index contributed by atoms with van der Waals surface area (Å²) in [5, 5.41) is 4.60.